The van der Waals surface area contributed by atoms with E-state index in [0.29, 0.717) is 22.3 Å². The molecule has 0 aromatic heterocycles. The van der Waals surface area contributed by atoms with Gasteiger partial charge in [0, 0.05) is 52.5 Å². The predicted molar refractivity (Wildman–Crippen MR) is 132 cm³/mol. The maximum atomic E-state index is 12.2. The summed E-state index contributed by atoms with van der Waals surface area (Å²) in [7, 11) is 0. The third-order valence-electron chi connectivity index (χ3n) is 5.39. The molecule has 0 amide bonds. The minimum atomic E-state index is -0.879. The molecule has 0 spiro atoms. The van der Waals surface area contributed by atoms with Crippen molar-refractivity contribution in [1.82, 2.24) is 0 Å². The molecular weight excluding hydrogens is 464 g/mol. The zero-order valence-corrected chi connectivity index (χ0v) is 20.1. The smallest absolute Gasteiger partial charge is 0.338 e. The molecular formula is C28H24O8. The zero-order chi connectivity index (χ0) is 26.8. The maximum absolute atomic E-state index is 12.2. The number of carbonyl (C=O) groups excluding carboxylic acids is 4. The normalized spacial score (nSPS) is 12.3. The largest absolute Gasteiger partial charge is 0.423 e. The van der Waals surface area contributed by atoms with Crippen molar-refractivity contribution in [1.29, 1.82) is 0 Å². The van der Waals surface area contributed by atoms with E-state index in [1.54, 1.807) is 12.1 Å². The van der Waals surface area contributed by atoms with Crippen LogP contribution in [-0.4, -0.2) is 23.9 Å². The van der Waals surface area contributed by atoms with Crippen molar-refractivity contribution in [2.24, 2.45) is 0 Å². The van der Waals surface area contributed by atoms with E-state index in [1.807, 2.05) is 13.8 Å². The van der Waals surface area contributed by atoms with E-state index in [-0.39, 0.29) is 28.6 Å². The highest BCUT2D eigenvalue weighted by molar-refractivity contribution is 5.93. The molecule has 8 nitrogen and oxygen atoms in total. The third-order valence-corrected chi connectivity index (χ3v) is 5.39. The highest BCUT2D eigenvalue weighted by Crippen LogP contribution is 2.57. The van der Waals surface area contributed by atoms with Gasteiger partial charge in [0.1, 0.15) is 23.0 Å². The monoisotopic (exact) mass is 488 g/mol. The van der Waals surface area contributed by atoms with Crippen molar-refractivity contribution in [2.45, 2.75) is 26.2 Å². The van der Waals surface area contributed by atoms with Gasteiger partial charge in [-0.25, -0.2) is 19.2 Å². The molecule has 2 aromatic carbocycles. The Morgan fingerprint density at radius 2 is 1.08 bits per heavy atom. The van der Waals surface area contributed by atoms with Gasteiger partial charge in [0.15, 0.2) is 0 Å². The van der Waals surface area contributed by atoms with Gasteiger partial charge in [-0.1, -0.05) is 40.2 Å². The first kappa shape index (κ1) is 25.9. The average molecular weight is 488 g/mol. The number of rotatable bonds is 8. The molecule has 184 valence electrons. The molecule has 1 aliphatic rings. The van der Waals surface area contributed by atoms with Gasteiger partial charge in [-0.3, -0.25) is 0 Å². The second-order valence-corrected chi connectivity index (χ2v) is 8.36. The SMILES string of the molecule is C=CC(=O)Oc1cc(OC(=O)C=C)c2c(c1)-c1cc(OC(=O)C(=C)C)cc(OC(=O)C=C)c1C2(C)C. The van der Waals surface area contributed by atoms with Crippen LogP contribution in [0.3, 0.4) is 0 Å². The van der Waals surface area contributed by atoms with Gasteiger partial charge in [-0.15, -0.1) is 0 Å². The Labute approximate surface area is 208 Å². The summed E-state index contributed by atoms with van der Waals surface area (Å²) in [5, 5.41) is 0. The summed E-state index contributed by atoms with van der Waals surface area (Å²) in [4.78, 5) is 48.4. The minimum Gasteiger partial charge on any atom is -0.423 e. The lowest BCUT2D eigenvalue weighted by Crippen LogP contribution is -2.20. The summed E-state index contributed by atoms with van der Waals surface area (Å²) in [6.07, 6.45) is 2.98. The highest BCUT2D eigenvalue weighted by Gasteiger charge is 2.42. The van der Waals surface area contributed by atoms with Gasteiger partial charge in [0.25, 0.3) is 0 Å². The molecule has 1 aliphatic carbocycles. The van der Waals surface area contributed by atoms with Crippen LogP contribution in [0.1, 0.15) is 31.9 Å². The minimum absolute atomic E-state index is 0.0723. The molecule has 0 radical (unpaired) electrons. The van der Waals surface area contributed by atoms with Crippen LogP contribution in [-0.2, 0) is 24.6 Å². The maximum Gasteiger partial charge on any atom is 0.338 e. The first-order valence-corrected chi connectivity index (χ1v) is 10.7. The number of carbonyl (C=O) groups is 4. The van der Waals surface area contributed by atoms with Crippen LogP contribution < -0.4 is 18.9 Å². The third kappa shape index (κ3) is 4.88. The zero-order valence-electron chi connectivity index (χ0n) is 20.1. The first-order valence-electron chi connectivity index (χ1n) is 10.7. The van der Waals surface area contributed by atoms with Gasteiger partial charge < -0.3 is 18.9 Å². The van der Waals surface area contributed by atoms with E-state index in [2.05, 4.69) is 26.3 Å². The van der Waals surface area contributed by atoms with Crippen molar-refractivity contribution in [3.63, 3.8) is 0 Å². The molecule has 8 heteroatoms. The van der Waals surface area contributed by atoms with Gasteiger partial charge in [-0.05, 0) is 30.2 Å². The van der Waals surface area contributed by atoms with Crippen LogP contribution in [0.4, 0.5) is 0 Å². The van der Waals surface area contributed by atoms with E-state index in [9.17, 15) is 19.2 Å². The molecule has 2 aromatic rings. The number of benzene rings is 2. The number of hydrogen-bond donors (Lipinski definition) is 0. The topological polar surface area (TPSA) is 105 Å². The standard InChI is InChI=1S/C28H24O8/c1-8-22(29)33-16-11-18-19-12-17(34-27(32)15(4)5)14-21(36-24(31)10-3)26(19)28(6,7)25(18)20(13-16)35-23(30)9-2/h8-14H,1-4H2,5-7H3. The second-order valence-electron chi connectivity index (χ2n) is 8.36. The molecule has 0 heterocycles. The summed E-state index contributed by atoms with van der Waals surface area (Å²) in [6.45, 7) is 19.0. The molecule has 0 aliphatic heterocycles. The Bertz CT molecular complexity index is 1360. The van der Waals surface area contributed by atoms with E-state index in [4.69, 9.17) is 18.9 Å². The Kier molecular flexibility index (Phi) is 7.10. The summed E-state index contributed by atoms with van der Waals surface area (Å²) < 4.78 is 21.7. The fourth-order valence-electron chi connectivity index (χ4n) is 3.95. The van der Waals surface area contributed by atoms with Crippen LogP contribution >= 0.6 is 0 Å². The van der Waals surface area contributed by atoms with E-state index in [0.717, 1.165) is 18.2 Å². The van der Waals surface area contributed by atoms with Crippen molar-refractivity contribution in [3.05, 3.63) is 85.5 Å². The van der Waals surface area contributed by atoms with E-state index < -0.39 is 29.3 Å². The van der Waals surface area contributed by atoms with Crippen molar-refractivity contribution < 1.29 is 38.1 Å². The van der Waals surface area contributed by atoms with Crippen molar-refractivity contribution >= 4 is 23.9 Å². The molecule has 36 heavy (non-hydrogen) atoms. The molecule has 0 saturated heterocycles. The molecule has 0 N–H and O–H groups in total. The van der Waals surface area contributed by atoms with Crippen LogP contribution in [0.2, 0.25) is 0 Å². The summed E-state index contributed by atoms with van der Waals surface area (Å²) in [5.41, 5.74) is 1.38. The van der Waals surface area contributed by atoms with Gasteiger partial charge >= 0.3 is 23.9 Å². The quantitative estimate of drug-likeness (QED) is 0.298. The molecule has 0 fully saturated rings. The lowest BCUT2D eigenvalue weighted by molar-refractivity contribution is -0.130. The lowest BCUT2D eigenvalue weighted by atomic mass is 9.81. The van der Waals surface area contributed by atoms with Gasteiger partial charge in [0.2, 0.25) is 0 Å². The molecule has 0 unspecified atom stereocenters. The van der Waals surface area contributed by atoms with Crippen molar-refractivity contribution in [2.75, 3.05) is 0 Å². The Morgan fingerprint density at radius 3 is 1.47 bits per heavy atom. The highest BCUT2D eigenvalue weighted by atomic mass is 16.6. The summed E-state index contributed by atoms with van der Waals surface area (Å²) in [6, 6.07) is 5.95. The Morgan fingerprint density at radius 1 is 0.694 bits per heavy atom. The lowest BCUT2D eigenvalue weighted by Gasteiger charge is -2.25. The van der Waals surface area contributed by atoms with Crippen LogP contribution in [0.15, 0.2) is 74.4 Å². The van der Waals surface area contributed by atoms with E-state index in [1.165, 1.54) is 19.1 Å². The summed E-state index contributed by atoms with van der Waals surface area (Å²) in [5.74, 6) is -2.50. The number of esters is 4. The van der Waals surface area contributed by atoms with E-state index >= 15 is 0 Å². The molecule has 0 atom stereocenters. The first-order chi connectivity index (χ1) is 16.9. The predicted octanol–water partition coefficient (Wildman–Crippen LogP) is 4.75. The van der Waals surface area contributed by atoms with Crippen LogP contribution in [0, 0.1) is 0 Å². The van der Waals surface area contributed by atoms with Gasteiger partial charge in [-0.2, -0.15) is 0 Å². The van der Waals surface area contributed by atoms with Crippen molar-refractivity contribution in [3.8, 4) is 34.1 Å². The van der Waals surface area contributed by atoms with Crippen LogP contribution in [0.25, 0.3) is 11.1 Å². The Hall–Kier alpha value is -4.72. The molecule has 3 rings (SSSR count). The fraction of sp³-hybridized carbons (Fsp3) is 0.143. The molecule has 0 saturated carbocycles. The Balaban J connectivity index is 2.35. The van der Waals surface area contributed by atoms with Crippen LogP contribution in [0.5, 0.6) is 23.0 Å². The summed E-state index contributed by atoms with van der Waals surface area (Å²) >= 11 is 0. The number of hydrogen-bond acceptors (Lipinski definition) is 8. The second kappa shape index (κ2) is 9.87. The average Bonchev–Trinajstić information content (AvgIpc) is 3.05. The number of ether oxygens (including phenoxy) is 4. The fourth-order valence-corrected chi connectivity index (χ4v) is 3.95. The number of fused-ring (bicyclic) bond motifs is 3. The molecule has 0 bridgehead atoms. The van der Waals surface area contributed by atoms with Gasteiger partial charge in [0.05, 0.1) is 0 Å².